The van der Waals surface area contributed by atoms with Gasteiger partial charge in [-0.25, -0.2) is 0 Å². The van der Waals surface area contributed by atoms with E-state index in [0.29, 0.717) is 22.6 Å². The summed E-state index contributed by atoms with van der Waals surface area (Å²) in [5, 5.41) is 2.87. The SMILES string of the molecule is CCCCn1c2ccc(/C(Cl)=C/C=O)cc2c2cc(/C(Cl)=C/C=O)ccc21. The number of carbonyl (C=O) groups is 2. The summed E-state index contributed by atoms with van der Waals surface area (Å²) in [6, 6.07) is 11.9. The van der Waals surface area contributed by atoms with Gasteiger partial charge in [0, 0.05) is 28.4 Å². The molecule has 0 aliphatic carbocycles. The summed E-state index contributed by atoms with van der Waals surface area (Å²) in [5.41, 5.74) is 3.77. The molecule has 0 bridgehead atoms. The van der Waals surface area contributed by atoms with E-state index >= 15 is 0 Å². The van der Waals surface area contributed by atoms with Crippen molar-refractivity contribution in [1.29, 1.82) is 0 Å². The molecule has 0 atom stereocenters. The van der Waals surface area contributed by atoms with E-state index in [1.54, 1.807) is 0 Å². The van der Waals surface area contributed by atoms with Crippen molar-refractivity contribution in [3.63, 3.8) is 0 Å². The summed E-state index contributed by atoms with van der Waals surface area (Å²) in [4.78, 5) is 21.5. The lowest BCUT2D eigenvalue weighted by atomic mass is 10.1. The number of aromatic nitrogens is 1. The second-order valence-electron chi connectivity index (χ2n) is 6.27. The van der Waals surface area contributed by atoms with E-state index in [-0.39, 0.29) is 0 Å². The molecule has 2 aromatic carbocycles. The third kappa shape index (κ3) is 3.85. The lowest BCUT2D eigenvalue weighted by Gasteiger charge is -2.07. The van der Waals surface area contributed by atoms with Crippen molar-refractivity contribution >= 4 is 67.6 Å². The van der Waals surface area contributed by atoms with Crippen LogP contribution in [0.15, 0.2) is 48.6 Å². The Balaban J connectivity index is 2.30. The van der Waals surface area contributed by atoms with Crippen molar-refractivity contribution in [3.05, 3.63) is 59.7 Å². The van der Waals surface area contributed by atoms with Gasteiger partial charge in [-0.05, 0) is 54.0 Å². The Morgan fingerprint density at radius 3 is 1.78 bits per heavy atom. The van der Waals surface area contributed by atoms with Gasteiger partial charge in [-0.3, -0.25) is 9.59 Å². The number of hydrogen-bond acceptors (Lipinski definition) is 2. The highest BCUT2D eigenvalue weighted by Gasteiger charge is 2.13. The molecule has 0 spiro atoms. The largest absolute Gasteiger partial charge is 0.340 e. The molecular weight excluding hydrogens is 381 g/mol. The Hall–Kier alpha value is -2.36. The maximum Gasteiger partial charge on any atom is 0.144 e. The number of aldehydes is 2. The van der Waals surface area contributed by atoms with Crippen molar-refractivity contribution in [3.8, 4) is 0 Å². The first-order chi connectivity index (χ1) is 13.1. The first-order valence-electron chi connectivity index (χ1n) is 8.79. The predicted octanol–water partition coefficient (Wildman–Crippen LogP) is 6.15. The lowest BCUT2D eigenvalue weighted by molar-refractivity contribution is -0.104. The molecule has 5 heteroatoms. The molecule has 0 amide bonds. The summed E-state index contributed by atoms with van der Waals surface area (Å²) in [6.07, 6.45) is 6.21. The first kappa shape index (κ1) is 19.4. The molecule has 0 fully saturated rings. The number of nitrogens with zero attached hydrogens (tertiary/aromatic N) is 1. The summed E-state index contributed by atoms with van der Waals surface area (Å²) in [5.74, 6) is 0. The van der Waals surface area contributed by atoms with Crippen LogP contribution in [0.5, 0.6) is 0 Å². The summed E-state index contributed by atoms with van der Waals surface area (Å²) in [6.45, 7) is 3.07. The Bertz CT molecular complexity index is 996. The Morgan fingerprint density at radius 2 is 1.37 bits per heavy atom. The number of halogens is 2. The van der Waals surface area contributed by atoms with E-state index < -0.39 is 0 Å². The molecule has 3 aromatic rings. The Kier molecular flexibility index (Phi) is 6.15. The second kappa shape index (κ2) is 8.55. The molecule has 3 rings (SSSR count). The predicted molar refractivity (Wildman–Crippen MR) is 114 cm³/mol. The standard InChI is InChI=1S/C22H19Cl2NO2/c1-2-3-10-25-21-6-4-15(19(23)8-11-26)13-17(21)18-14-16(5-7-22(18)25)20(24)9-12-27/h4-9,11-14H,2-3,10H2,1H3/b19-8-,20-9-. The number of carbonyl (C=O) groups excluding carboxylic acids is 2. The number of hydrogen-bond donors (Lipinski definition) is 0. The minimum atomic E-state index is 0.399. The van der Waals surface area contributed by atoms with Crippen molar-refractivity contribution in [2.75, 3.05) is 0 Å². The molecule has 0 aliphatic heterocycles. The van der Waals surface area contributed by atoms with Gasteiger partial charge in [0.15, 0.2) is 0 Å². The summed E-state index contributed by atoms with van der Waals surface area (Å²) in [7, 11) is 0. The number of unbranched alkanes of at least 4 members (excludes halogenated alkanes) is 1. The normalized spacial score (nSPS) is 12.7. The van der Waals surface area contributed by atoms with Crippen molar-refractivity contribution in [2.45, 2.75) is 26.3 Å². The number of aryl methyl sites for hydroxylation is 1. The fraction of sp³-hybridized carbons (Fsp3) is 0.182. The monoisotopic (exact) mass is 399 g/mol. The highest BCUT2D eigenvalue weighted by molar-refractivity contribution is 6.50. The average molecular weight is 400 g/mol. The molecular formula is C22H19Cl2NO2. The van der Waals surface area contributed by atoms with Crippen LogP contribution in [0.25, 0.3) is 31.9 Å². The molecule has 3 nitrogen and oxygen atoms in total. The molecule has 0 saturated carbocycles. The lowest BCUT2D eigenvalue weighted by Crippen LogP contribution is -1.97. The zero-order chi connectivity index (χ0) is 19.4. The molecule has 0 radical (unpaired) electrons. The van der Waals surface area contributed by atoms with Crippen LogP contribution >= 0.6 is 23.2 Å². The van der Waals surface area contributed by atoms with Crippen LogP contribution in [0.4, 0.5) is 0 Å². The molecule has 0 N–H and O–H groups in total. The van der Waals surface area contributed by atoms with Gasteiger partial charge in [0.05, 0.1) is 10.1 Å². The number of benzene rings is 2. The first-order valence-corrected chi connectivity index (χ1v) is 9.55. The molecule has 0 saturated heterocycles. The maximum atomic E-state index is 10.8. The van der Waals surface area contributed by atoms with Crippen molar-refractivity contribution < 1.29 is 9.59 Å². The summed E-state index contributed by atoms with van der Waals surface area (Å²) >= 11 is 12.5. The van der Waals surface area contributed by atoms with Crippen LogP contribution in [0.3, 0.4) is 0 Å². The smallest absolute Gasteiger partial charge is 0.144 e. The highest BCUT2D eigenvalue weighted by atomic mass is 35.5. The zero-order valence-corrected chi connectivity index (χ0v) is 16.4. The highest BCUT2D eigenvalue weighted by Crippen LogP contribution is 2.34. The fourth-order valence-electron chi connectivity index (χ4n) is 3.27. The van der Waals surface area contributed by atoms with Gasteiger partial charge in [0.25, 0.3) is 0 Å². The maximum absolute atomic E-state index is 10.8. The van der Waals surface area contributed by atoms with Crippen molar-refractivity contribution in [2.24, 2.45) is 0 Å². The molecule has 1 aromatic heterocycles. The van der Waals surface area contributed by atoms with Gasteiger partial charge >= 0.3 is 0 Å². The van der Waals surface area contributed by atoms with Crippen LogP contribution in [-0.4, -0.2) is 17.1 Å². The number of rotatable bonds is 7. The van der Waals surface area contributed by atoms with Crippen molar-refractivity contribution in [1.82, 2.24) is 4.57 Å². The van der Waals surface area contributed by atoms with Crippen LogP contribution < -0.4 is 0 Å². The topological polar surface area (TPSA) is 39.1 Å². The van der Waals surface area contributed by atoms with E-state index in [0.717, 1.165) is 52.3 Å². The number of fused-ring (bicyclic) bond motifs is 3. The van der Waals surface area contributed by atoms with Gasteiger partial charge < -0.3 is 4.57 Å². The third-order valence-electron chi connectivity index (χ3n) is 4.58. The van der Waals surface area contributed by atoms with Crippen LogP contribution in [0, 0.1) is 0 Å². The van der Waals surface area contributed by atoms with E-state index in [1.807, 2.05) is 36.4 Å². The van der Waals surface area contributed by atoms with Gasteiger partial charge in [-0.1, -0.05) is 48.7 Å². The van der Waals surface area contributed by atoms with Gasteiger partial charge in [-0.15, -0.1) is 0 Å². The quantitative estimate of drug-likeness (QED) is 0.352. The van der Waals surface area contributed by atoms with E-state index in [2.05, 4.69) is 11.5 Å². The minimum absolute atomic E-state index is 0.399. The van der Waals surface area contributed by atoms with Gasteiger partial charge in [-0.2, -0.15) is 0 Å². The third-order valence-corrected chi connectivity index (χ3v) is 5.27. The second-order valence-corrected chi connectivity index (χ2v) is 7.08. The van der Waals surface area contributed by atoms with E-state index in [9.17, 15) is 9.59 Å². The average Bonchev–Trinajstić information content (AvgIpc) is 2.99. The van der Waals surface area contributed by atoms with E-state index in [4.69, 9.17) is 23.2 Å². The van der Waals surface area contributed by atoms with Crippen LogP contribution in [0.1, 0.15) is 30.9 Å². The Labute approximate surface area is 167 Å². The Morgan fingerprint density at radius 1 is 0.889 bits per heavy atom. The molecule has 0 unspecified atom stereocenters. The molecule has 1 heterocycles. The zero-order valence-electron chi connectivity index (χ0n) is 14.9. The van der Waals surface area contributed by atoms with Crippen LogP contribution in [0.2, 0.25) is 0 Å². The molecule has 138 valence electrons. The minimum Gasteiger partial charge on any atom is -0.340 e. The number of allylic oxidation sites excluding steroid dienone is 2. The molecule has 27 heavy (non-hydrogen) atoms. The van der Waals surface area contributed by atoms with Gasteiger partial charge in [0.2, 0.25) is 0 Å². The van der Waals surface area contributed by atoms with E-state index in [1.165, 1.54) is 12.2 Å². The fourth-order valence-corrected chi connectivity index (χ4v) is 3.61. The van der Waals surface area contributed by atoms with Gasteiger partial charge in [0.1, 0.15) is 12.6 Å². The molecule has 0 aliphatic rings. The van der Waals surface area contributed by atoms with Crippen LogP contribution in [-0.2, 0) is 16.1 Å². The summed E-state index contributed by atoms with van der Waals surface area (Å²) < 4.78 is 2.29.